The quantitative estimate of drug-likeness (QED) is 0.371. The number of aliphatic hydroxyl groups is 2. The third kappa shape index (κ3) is 15.8. The molecule has 22 heavy (non-hydrogen) atoms. The SMILES string of the molecule is CCCCCCCCC(O)CC(O)CCCCCCC(=O)O. The average Bonchev–Trinajstić information content (AvgIpc) is 2.46. The van der Waals surface area contributed by atoms with Crippen LogP contribution < -0.4 is 0 Å². The van der Waals surface area contributed by atoms with Crippen LogP contribution in [0.3, 0.4) is 0 Å². The van der Waals surface area contributed by atoms with Gasteiger partial charge in [-0.15, -0.1) is 0 Å². The standard InChI is InChI=1S/C18H36O4/c1-2-3-4-5-6-9-12-16(19)15-17(20)13-10-7-8-11-14-18(21)22/h16-17,19-20H,2-15H2,1H3,(H,21,22). The normalized spacial score (nSPS) is 14.0. The largest absolute Gasteiger partial charge is 0.481 e. The number of rotatable bonds is 16. The smallest absolute Gasteiger partial charge is 0.303 e. The van der Waals surface area contributed by atoms with Gasteiger partial charge in [0.25, 0.3) is 0 Å². The molecule has 0 aromatic heterocycles. The highest BCUT2D eigenvalue weighted by molar-refractivity contribution is 5.66. The summed E-state index contributed by atoms with van der Waals surface area (Å²) in [6, 6.07) is 0. The van der Waals surface area contributed by atoms with Gasteiger partial charge in [0.15, 0.2) is 0 Å². The lowest BCUT2D eigenvalue weighted by Crippen LogP contribution is -2.17. The van der Waals surface area contributed by atoms with Crippen LogP contribution in [0.2, 0.25) is 0 Å². The highest BCUT2D eigenvalue weighted by atomic mass is 16.4. The first-order valence-electron chi connectivity index (χ1n) is 9.14. The van der Waals surface area contributed by atoms with Crippen molar-refractivity contribution in [3.8, 4) is 0 Å². The topological polar surface area (TPSA) is 77.8 Å². The second-order valence-electron chi connectivity index (χ2n) is 6.45. The summed E-state index contributed by atoms with van der Waals surface area (Å²) in [5.74, 6) is -0.738. The molecule has 0 aromatic carbocycles. The van der Waals surface area contributed by atoms with Crippen LogP contribution in [0.5, 0.6) is 0 Å². The van der Waals surface area contributed by atoms with Gasteiger partial charge in [-0.2, -0.15) is 0 Å². The Morgan fingerprint density at radius 1 is 0.773 bits per heavy atom. The van der Waals surface area contributed by atoms with Crippen molar-refractivity contribution >= 4 is 5.97 Å². The van der Waals surface area contributed by atoms with Crippen molar-refractivity contribution in [2.45, 2.75) is 109 Å². The number of carboxylic acids is 1. The van der Waals surface area contributed by atoms with Crippen molar-refractivity contribution < 1.29 is 20.1 Å². The lowest BCUT2D eigenvalue weighted by Gasteiger charge is -2.15. The molecule has 0 aromatic rings. The third-order valence-electron chi connectivity index (χ3n) is 4.11. The predicted molar refractivity (Wildman–Crippen MR) is 90.0 cm³/mol. The molecule has 2 unspecified atom stereocenters. The Hall–Kier alpha value is -0.610. The van der Waals surface area contributed by atoms with Crippen molar-refractivity contribution in [1.29, 1.82) is 0 Å². The maximum absolute atomic E-state index is 10.4. The summed E-state index contributed by atoms with van der Waals surface area (Å²) in [4.78, 5) is 10.4. The molecule has 4 heteroatoms. The number of unbranched alkanes of at least 4 members (excludes halogenated alkanes) is 8. The molecule has 0 heterocycles. The van der Waals surface area contributed by atoms with Crippen LogP contribution in [0.25, 0.3) is 0 Å². The lowest BCUT2D eigenvalue weighted by molar-refractivity contribution is -0.137. The summed E-state index contributed by atoms with van der Waals surface area (Å²) >= 11 is 0. The molecule has 4 nitrogen and oxygen atoms in total. The summed E-state index contributed by atoms with van der Waals surface area (Å²) in [6.07, 6.45) is 12.2. The van der Waals surface area contributed by atoms with Gasteiger partial charge < -0.3 is 15.3 Å². The van der Waals surface area contributed by atoms with E-state index >= 15 is 0 Å². The Kier molecular flexibility index (Phi) is 14.9. The summed E-state index contributed by atoms with van der Waals surface area (Å²) in [7, 11) is 0. The number of hydrogen-bond acceptors (Lipinski definition) is 3. The monoisotopic (exact) mass is 316 g/mol. The fourth-order valence-corrected chi connectivity index (χ4v) is 2.72. The zero-order valence-corrected chi connectivity index (χ0v) is 14.3. The highest BCUT2D eigenvalue weighted by Crippen LogP contribution is 2.15. The first-order chi connectivity index (χ1) is 10.6. The van der Waals surface area contributed by atoms with Crippen LogP contribution in [-0.4, -0.2) is 33.5 Å². The van der Waals surface area contributed by atoms with Gasteiger partial charge in [-0.05, 0) is 25.7 Å². The number of aliphatic hydroxyl groups excluding tert-OH is 2. The first kappa shape index (κ1) is 21.4. The van der Waals surface area contributed by atoms with E-state index in [-0.39, 0.29) is 12.5 Å². The molecule has 3 N–H and O–H groups in total. The van der Waals surface area contributed by atoms with Gasteiger partial charge in [0.1, 0.15) is 0 Å². The van der Waals surface area contributed by atoms with E-state index in [9.17, 15) is 15.0 Å². The zero-order chi connectivity index (χ0) is 16.6. The molecule has 0 saturated heterocycles. The molecular weight excluding hydrogens is 280 g/mol. The molecular formula is C18H36O4. The van der Waals surface area contributed by atoms with Crippen LogP contribution >= 0.6 is 0 Å². The lowest BCUT2D eigenvalue weighted by atomic mass is 10.00. The third-order valence-corrected chi connectivity index (χ3v) is 4.11. The molecule has 0 saturated carbocycles. The molecule has 0 aliphatic rings. The maximum Gasteiger partial charge on any atom is 0.303 e. The Bertz CT molecular complexity index is 255. The van der Waals surface area contributed by atoms with E-state index in [0.717, 1.165) is 32.1 Å². The van der Waals surface area contributed by atoms with Gasteiger partial charge >= 0.3 is 5.97 Å². The van der Waals surface area contributed by atoms with E-state index < -0.39 is 12.1 Å². The number of hydrogen-bond donors (Lipinski definition) is 3. The molecule has 2 atom stereocenters. The molecule has 0 rings (SSSR count). The summed E-state index contributed by atoms with van der Waals surface area (Å²) < 4.78 is 0. The van der Waals surface area contributed by atoms with Gasteiger partial charge in [0, 0.05) is 6.42 Å². The Morgan fingerprint density at radius 2 is 1.23 bits per heavy atom. The maximum atomic E-state index is 10.4. The first-order valence-corrected chi connectivity index (χ1v) is 9.14. The number of carbonyl (C=O) groups is 1. The minimum atomic E-state index is -0.738. The fraction of sp³-hybridized carbons (Fsp3) is 0.944. The summed E-state index contributed by atoms with van der Waals surface area (Å²) in [5.41, 5.74) is 0. The van der Waals surface area contributed by atoms with E-state index in [1.165, 1.54) is 32.1 Å². The van der Waals surface area contributed by atoms with E-state index in [4.69, 9.17) is 5.11 Å². The van der Waals surface area contributed by atoms with Crippen molar-refractivity contribution in [2.24, 2.45) is 0 Å². The Labute approximate surface area is 135 Å². The molecule has 0 fully saturated rings. The fourth-order valence-electron chi connectivity index (χ4n) is 2.72. The Balaban J connectivity index is 3.38. The summed E-state index contributed by atoms with van der Waals surface area (Å²) in [6.45, 7) is 2.21. The van der Waals surface area contributed by atoms with E-state index in [0.29, 0.717) is 19.3 Å². The molecule has 0 aliphatic heterocycles. The zero-order valence-electron chi connectivity index (χ0n) is 14.3. The van der Waals surface area contributed by atoms with Crippen LogP contribution in [0, 0.1) is 0 Å². The molecule has 0 spiro atoms. The van der Waals surface area contributed by atoms with E-state index in [1.54, 1.807) is 0 Å². The molecule has 132 valence electrons. The van der Waals surface area contributed by atoms with Crippen LogP contribution in [0.15, 0.2) is 0 Å². The van der Waals surface area contributed by atoms with Crippen molar-refractivity contribution in [2.75, 3.05) is 0 Å². The van der Waals surface area contributed by atoms with Gasteiger partial charge in [0.05, 0.1) is 12.2 Å². The molecule has 0 radical (unpaired) electrons. The van der Waals surface area contributed by atoms with Crippen molar-refractivity contribution in [1.82, 2.24) is 0 Å². The highest BCUT2D eigenvalue weighted by Gasteiger charge is 2.11. The molecule has 0 bridgehead atoms. The summed E-state index contributed by atoms with van der Waals surface area (Å²) in [5, 5.41) is 28.3. The second-order valence-corrected chi connectivity index (χ2v) is 6.45. The molecule has 0 aliphatic carbocycles. The predicted octanol–water partition coefficient (Wildman–Crippen LogP) is 4.27. The van der Waals surface area contributed by atoms with Crippen LogP contribution in [-0.2, 0) is 4.79 Å². The van der Waals surface area contributed by atoms with Gasteiger partial charge in [-0.25, -0.2) is 0 Å². The number of carboxylic acid groups (broad SMARTS) is 1. The molecule has 0 amide bonds. The minimum Gasteiger partial charge on any atom is -0.481 e. The average molecular weight is 316 g/mol. The van der Waals surface area contributed by atoms with Gasteiger partial charge in [0.2, 0.25) is 0 Å². The van der Waals surface area contributed by atoms with Crippen LogP contribution in [0.1, 0.15) is 96.8 Å². The Morgan fingerprint density at radius 3 is 1.73 bits per heavy atom. The van der Waals surface area contributed by atoms with Crippen molar-refractivity contribution in [3.05, 3.63) is 0 Å². The second kappa shape index (κ2) is 15.3. The minimum absolute atomic E-state index is 0.236. The van der Waals surface area contributed by atoms with Gasteiger partial charge in [-0.1, -0.05) is 64.7 Å². The van der Waals surface area contributed by atoms with E-state index in [2.05, 4.69) is 6.92 Å². The number of aliphatic carboxylic acids is 1. The van der Waals surface area contributed by atoms with E-state index in [1.807, 2.05) is 0 Å². The van der Waals surface area contributed by atoms with Crippen molar-refractivity contribution in [3.63, 3.8) is 0 Å². The van der Waals surface area contributed by atoms with Gasteiger partial charge in [-0.3, -0.25) is 4.79 Å². The van der Waals surface area contributed by atoms with Crippen LogP contribution in [0.4, 0.5) is 0 Å².